The molecule has 0 amide bonds. The van der Waals surface area contributed by atoms with Gasteiger partial charge in [0, 0.05) is 22.7 Å². The Morgan fingerprint density at radius 1 is 1.29 bits per heavy atom. The third-order valence-corrected chi connectivity index (χ3v) is 4.99. The number of hydrogen-bond donors (Lipinski definition) is 3. The quantitative estimate of drug-likeness (QED) is 0.678. The highest BCUT2D eigenvalue weighted by molar-refractivity contribution is 7.98. The fourth-order valence-corrected chi connectivity index (χ4v) is 3.38. The van der Waals surface area contributed by atoms with Gasteiger partial charge in [-0.15, -0.1) is 11.8 Å². The Morgan fingerprint density at radius 2 is 2.00 bits per heavy atom. The minimum atomic E-state index is -3.67. The van der Waals surface area contributed by atoms with Crippen molar-refractivity contribution in [3.05, 3.63) is 36.0 Å². The summed E-state index contributed by atoms with van der Waals surface area (Å²) in [6, 6.07) is 7.22. The van der Waals surface area contributed by atoms with Gasteiger partial charge in [-0.2, -0.15) is 13.5 Å². The molecule has 2 rings (SSSR count). The van der Waals surface area contributed by atoms with Gasteiger partial charge in [0.05, 0.1) is 6.20 Å². The van der Waals surface area contributed by atoms with Crippen molar-refractivity contribution in [1.29, 1.82) is 0 Å². The maximum atomic E-state index is 12.4. The van der Waals surface area contributed by atoms with Crippen LogP contribution < -0.4 is 10.0 Å². The first kappa shape index (κ1) is 15.9. The summed E-state index contributed by atoms with van der Waals surface area (Å²) in [6.07, 6.45) is 3.49. The van der Waals surface area contributed by atoms with E-state index in [-0.39, 0.29) is 5.03 Å². The van der Waals surface area contributed by atoms with Crippen LogP contribution in [0, 0.1) is 0 Å². The molecule has 8 heteroatoms. The minimum Gasteiger partial charge on any atom is -0.313 e. The Bertz CT molecular complexity index is 680. The van der Waals surface area contributed by atoms with E-state index in [1.54, 1.807) is 23.9 Å². The predicted octanol–water partition coefficient (Wildman–Crippen LogP) is 2.04. The molecular formula is C13H18N4O2S2. The number of anilines is 1. The van der Waals surface area contributed by atoms with E-state index in [0.717, 1.165) is 11.4 Å². The summed E-state index contributed by atoms with van der Waals surface area (Å²) < 4.78 is 27.3. The van der Waals surface area contributed by atoms with Crippen LogP contribution in [0.25, 0.3) is 0 Å². The molecular weight excluding hydrogens is 308 g/mol. The zero-order chi connectivity index (χ0) is 15.3. The van der Waals surface area contributed by atoms with Crippen LogP contribution in [0.2, 0.25) is 0 Å². The monoisotopic (exact) mass is 326 g/mol. The van der Waals surface area contributed by atoms with Gasteiger partial charge in [-0.3, -0.25) is 9.82 Å². The first-order valence-corrected chi connectivity index (χ1v) is 9.17. The Morgan fingerprint density at radius 3 is 2.62 bits per heavy atom. The smallest absolute Gasteiger partial charge is 0.279 e. The molecule has 0 bridgehead atoms. The van der Waals surface area contributed by atoms with E-state index in [1.807, 2.05) is 25.3 Å². The van der Waals surface area contributed by atoms with E-state index in [0.29, 0.717) is 17.8 Å². The van der Waals surface area contributed by atoms with Gasteiger partial charge in [-0.1, -0.05) is 6.92 Å². The summed E-state index contributed by atoms with van der Waals surface area (Å²) in [4.78, 5) is 1.08. The van der Waals surface area contributed by atoms with Crippen LogP contribution in [-0.2, 0) is 16.6 Å². The molecule has 0 fully saturated rings. The highest BCUT2D eigenvalue weighted by Crippen LogP contribution is 2.21. The average Bonchev–Trinajstić information content (AvgIpc) is 2.95. The van der Waals surface area contributed by atoms with E-state index in [9.17, 15) is 8.42 Å². The first-order chi connectivity index (χ1) is 10.1. The number of nitrogens with zero attached hydrogens (tertiary/aromatic N) is 1. The van der Waals surface area contributed by atoms with Crippen molar-refractivity contribution in [2.45, 2.75) is 23.4 Å². The summed E-state index contributed by atoms with van der Waals surface area (Å²) >= 11 is 1.60. The van der Waals surface area contributed by atoms with Crippen molar-refractivity contribution in [1.82, 2.24) is 15.5 Å². The lowest BCUT2D eigenvalue weighted by Gasteiger charge is -2.09. The highest BCUT2D eigenvalue weighted by Gasteiger charge is 2.20. The summed E-state index contributed by atoms with van der Waals surface area (Å²) in [7, 11) is -3.67. The van der Waals surface area contributed by atoms with Gasteiger partial charge in [-0.25, -0.2) is 0 Å². The lowest BCUT2D eigenvalue weighted by Crippen LogP contribution is -2.18. The third-order valence-electron chi connectivity index (χ3n) is 2.85. The van der Waals surface area contributed by atoms with Crippen LogP contribution in [0.5, 0.6) is 0 Å². The van der Waals surface area contributed by atoms with E-state index in [4.69, 9.17) is 0 Å². The molecule has 0 spiro atoms. The Labute approximate surface area is 128 Å². The van der Waals surface area contributed by atoms with E-state index in [1.165, 1.54) is 6.20 Å². The first-order valence-electron chi connectivity index (χ1n) is 6.46. The van der Waals surface area contributed by atoms with Gasteiger partial charge in [0.25, 0.3) is 10.0 Å². The molecule has 2 aromatic rings. The SMILES string of the molecule is CCNCc1cn[nH]c1S(=O)(=O)Nc1ccc(SC)cc1. The fourth-order valence-electron chi connectivity index (χ4n) is 1.78. The van der Waals surface area contributed by atoms with Crippen molar-refractivity contribution in [3.63, 3.8) is 0 Å². The second kappa shape index (κ2) is 6.97. The number of H-pyrrole nitrogens is 1. The number of hydrogen-bond acceptors (Lipinski definition) is 5. The molecule has 1 aromatic carbocycles. The fraction of sp³-hybridized carbons (Fsp3) is 0.308. The van der Waals surface area contributed by atoms with Gasteiger partial charge in [0.15, 0.2) is 5.03 Å². The molecule has 0 aliphatic heterocycles. The van der Waals surface area contributed by atoms with Crippen LogP contribution in [-0.4, -0.2) is 31.4 Å². The summed E-state index contributed by atoms with van der Waals surface area (Å²) in [6.45, 7) is 3.17. The lowest BCUT2D eigenvalue weighted by molar-refractivity contribution is 0.594. The van der Waals surface area contributed by atoms with Crippen LogP contribution in [0.3, 0.4) is 0 Å². The number of rotatable bonds is 7. The second-order valence-electron chi connectivity index (χ2n) is 4.34. The van der Waals surface area contributed by atoms with E-state index in [2.05, 4.69) is 20.2 Å². The number of aromatic amines is 1. The van der Waals surface area contributed by atoms with Gasteiger partial charge in [0.2, 0.25) is 0 Å². The zero-order valence-corrected chi connectivity index (χ0v) is 13.5. The molecule has 114 valence electrons. The van der Waals surface area contributed by atoms with Crippen molar-refractivity contribution < 1.29 is 8.42 Å². The highest BCUT2D eigenvalue weighted by atomic mass is 32.2. The molecule has 0 unspecified atom stereocenters. The predicted molar refractivity (Wildman–Crippen MR) is 85.0 cm³/mol. The summed E-state index contributed by atoms with van der Waals surface area (Å²) in [5.74, 6) is 0. The van der Waals surface area contributed by atoms with Crippen LogP contribution in [0.15, 0.2) is 40.4 Å². The van der Waals surface area contributed by atoms with E-state index < -0.39 is 10.0 Å². The molecule has 0 saturated heterocycles. The Hall–Kier alpha value is -1.51. The van der Waals surface area contributed by atoms with Crippen molar-refractivity contribution >= 4 is 27.5 Å². The topological polar surface area (TPSA) is 86.9 Å². The van der Waals surface area contributed by atoms with Gasteiger partial charge in [-0.05, 0) is 37.1 Å². The lowest BCUT2D eigenvalue weighted by atomic mass is 10.3. The van der Waals surface area contributed by atoms with E-state index >= 15 is 0 Å². The van der Waals surface area contributed by atoms with Crippen molar-refractivity contribution in [2.24, 2.45) is 0 Å². The molecule has 6 nitrogen and oxygen atoms in total. The number of sulfonamides is 1. The summed E-state index contributed by atoms with van der Waals surface area (Å²) in [5, 5.41) is 9.56. The zero-order valence-electron chi connectivity index (χ0n) is 11.9. The number of nitrogens with one attached hydrogen (secondary N) is 3. The van der Waals surface area contributed by atoms with Crippen LogP contribution in [0.1, 0.15) is 12.5 Å². The largest absolute Gasteiger partial charge is 0.313 e. The molecule has 0 atom stereocenters. The molecule has 1 heterocycles. The number of aromatic nitrogens is 2. The third kappa shape index (κ3) is 3.99. The normalized spacial score (nSPS) is 11.5. The van der Waals surface area contributed by atoms with Crippen molar-refractivity contribution in [2.75, 3.05) is 17.5 Å². The minimum absolute atomic E-state index is 0.0948. The maximum Gasteiger partial charge on any atom is 0.279 e. The van der Waals surface area contributed by atoms with Crippen LogP contribution >= 0.6 is 11.8 Å². The maximum absolute atomic E-state index is 12.4. The average molecular weight is 326 g/mol. The molecule has 0 saturated carbocycles. The molecule has 0 radical (unpaired) electrons. The number of thioether (sulfide) groups is 1. The summed E-state index contributed by atoms with van der Waals surface area (Å²) in [5.41, 5.74) is 1.14. The standard InChI is InChI=1S/C13H18N4O2S2/c1-3-14-8-10-9-15-16-13(10)21(18,19)17-11-4-6-12(20-2)7-5-11/h4-7,9,14,17H,3,8H2,1-2H3,(H,15,16). The van der Waals surface area contributed by atoms with Gasteiger partial charge >= 0.3 is 0 Å². The van der Waals surface area contributed by atoms with Crippen molar-refractivity contribution in [3.8, 4) is 0 Å². The molecule has 3 N–H and O–H groups in total. The molecule has 0 aliphatic rings. The molecule has 21 heavy (non-hydrogen) atoms. The molecule has 1 aromatic heterocycles. The Balaban J connectivity index is 2.19. The number of benzene rings is 1. The Kier molecular flexibility index (Phi) is 5.27. The van der Waals surface area contributed by atoms with Gasteiger partial charge in [0.1, 0.15) is 0 Å². The van der Waals surface area contributed by atoms with Gasteiger partial charge < -0.3 is 5.32 Å². The second-order valence-corrected chi connectivity index (χ2v) is 6.84. The van der Waals surface area contributed by atoms with Crippen LogP contribution in [0.4, 0.5) is 5.69 Å². The molecule has 0 aliphatic carbocycles.